The quantitative estimate of drug-likeness (QED) is 0.168. The summed E-state index contributed by atoms with van der Waals surface area (Å²) < 4.78 is 0. The van der Waals surface area contributed by atoms with Gasteiger partial charge in [0.15, 0.2) is 11.4 Å². The van der Waals surface area contributed by atoms with Crippen molar-refractivity contribution >= 4 is 22.9 Å². The molecule has 14 heavy (non-hydrogen) atoms. The molecule has 6 nitrogen and oxygen atoms in total. The molecule has 0 amide bonds. The minimum absolute atomic E-state index is 0.129. The topological polar surface area (TPSA) is 110 Å². The number of guanidine groups is 1. The van der Waals surface area contributed by atoms with Gasteiger partial charge in [-0.3, -0.25) is 15.7 Å². The predicted octanol–water partition coefficient (Wildman–Crippen LogP) is -0.351. The predicted molar refractivity (Wildman–Crippen MR) is 59.1 cm³/mol. The molecular weight excluding hydrogens is 200 g/mol. The van der Waals surface area contributed by atoms with Crippen LogP contribution in [-0.4, -0.2) is 30.5 Å². The minimum Gasteiger partial charge on any atom is -0.379 e. The Labute approximate surface area is 87.5 Å². The summed E-state index contributed by atoms with van der Waals surface area (Å²) in [5.74, 6) is 1.24. The minimum atomic E-state index is 0.129. The molecule has 0 heterocycles. The van der Waals surface area contributed by atoms with Gasteiger partial charge in [0.1, 0.15) is 0 Å². The van der Waals surface area contributed by atoms with Crippen molar-refractivity contribution in [3.8, 4) is 6.19 Å². The van der Waals surface area contributed by atoms with Crippen LogP contribution in [0.5, 0.6) is 0 Å². The first-order valence-electron chi connectivity index (χ1n) is 4.03. The summed E-state index contributed by atoms with van der Waals surface area (Å²) in [7, 11) is 1.59. The second-order valence-electron chi connectivity index (χ2n) is 2.30. The molecule has 0 aliphatic rings. The van der Waals surface area contributed by atoms with E-state index in [1.807, 2.05) is 0 Å². The van der Waals surface area contributed by atoms with Gasteiger partial charge < -0.3 is 11.1 Å². The Kier molecular flexibility index (Phi) is 7.36. The Morgan fingerprint density at radius 3 is 2.93 bits per heavy atom. The van der Waals surface area contributed by atoms with Crippen LogP contribution in [0.4, 0.5) is 0 Å². The van der Waals surface area contributed by atoms with Crippen molar-refractivity contribution in [2.45, 2.75) is 6.42 Å². The number of nitrogens with two attached hydrogens (primary N) is 1. The van der Waals surface area contributed by atoms with Gasteiger partial charge in [-0.15, -0.1) is 0 Å². The van der Waals surface area contributed by atoms with Gasteiger partial charge in [-0.2, -0.15) is 5.26 Å². The molecule has 0 aromatic rings. The van der Waals surface area contributed by atoms with Gasteiger partial charge in [0, 0.05) is 19.3 Å². The number of rotatable bonds is 4. The van der Waals surface area contributed by atoms with Crippen LogP contribution < -0.4 is 16.4 Å². The van der Waals surface area contributed by atoms with Gasteiger partial charge in [-0.1, -0.05) is 11.8 Å². The normalized spacial score (nSPS) is 10.4. The van der Waals surface area contributed by atoms with Gasteiger partial charge in [0.2, 0.25) is 5.96 Å². The molecule has 0 aromatic carbocycles. The van der Waals surface area contributed by atoms with Crippen molar-refractivity contribution in [2.24, 2.45) is 10.7 Å². The lowest BCUT2D eigenvalue weighted by Gasteiger charge is -2.05. The van der Waals surface area contributed by atoms with Crippen molar-refractivity contribution in [1.82, 2.24) is 10.6 Å². The number of hydrogen-bond donors (Lipinski definition) is 4. The van der Waals surface area contributed by atoms with Crippen LogP contribution in [0.2, 0.25) is 0 Å². The van der Waals surface area contributed by atoms with Crippen LogP contribution in [0.1, 0.15) is 6.42 Å². The third-order valence-corrected chi connectivity index (χ3v) is 2.07. The van der Waals surface area contributed by atoms with E-state index in [1.54, 1.807) is 13.2 Å². The van der Waals surface area contributed by atoms with Gasteiger partial charge in [0.25, 0.3) is 0 Å². The lowest BCUT2D eigenvalue weighted by atomic mass is 10.5. The summed E-state index contributed by atoms with van der Waals surface area (Å²) in [4.78, 5) is 3.81. The van der Waals surface area contributed by atoms with E-state index in [4.69, 9.17) is 16.4 Å². The maximum atomic E-state index is 8.31. The molecule has 0 fully saturated rings. The lowest BCUT2D eigenvalue weighted by Crippen LogP contribution is -2.35. The summed E-state index contributed by atoms with van der Waals surface area (Å²) in [6.07, 6.45) is 2.63. The molecule has 0 rings (SSSR count). The van der Waals surface area contributed by atoms with Crippen molar-refractivity contribution in [3.63, 3.8) is 0 Å². The number of nitrogens with zero attached hydrogens (tertiary/aromatic N) is 2. The molecule has 0 saturated carbocycles. The number of thioether (sulfide) groups is 1. The largest absolute Gasteiger partial charge is 0.379 e. The van der Waals surface area contributed by atoms with Gasteiger partial charge >= 0.3 is 0 Å². The van der Waals surface area contributed by atoms with Crippen molar-refractivity contribution < 1.29 is 0 Å². The number of hydrogen-bond acceptors (Lipinski definition) is 4. The first-order chi connectivity index (χ1) is 6.70. The highest BCUT2D eigenvalue weighted by atomic mass is 32.2. The van der Waals surface area contributed by atoms with Crippen molar-refractivity contribution in [3.05, 3.63) is 0 Å². The Bertz CT molecular complexity index is 243. The van der Waals surface area contributed by atoms with Crippen LogP contribution >= 0.6 is 11.8 Å². The SMILES string of the molecule is CN=C(NC#N)NCCCSC(=N)N. The fourth-order valence-corrected chi connectivity index (χ4v) is 1.20. The standard InChI is InChI=1S/C7H14N6S/c1-11-7(13-5-8)12-3-2-4-14-6(9)10/h2-4H2,1H3,(H3,9,10)(H2,11,12,13). The molecule has 0 radical (unpaired) electrons. The van der Waals surface area contributed by atoms with Crippen LogP contribution in [0.3, 0.4) is 0 Å². The maximum Gasteiger partial charge on any atom is 0.204 e. The molecule has 0 saturated heterocycles. The molecule has 0 unspecified atom stereocenters. The molecule has 0 atom stereocenters. The Morgan fingerprint density at radius 1 is 1.71 bits per heavy atom. The number of amidine groups is 1. The second-order valence-corrected chi connectivity index (χ2v) is 3.44. The average molecular weight is 214 g/mol. The van der Waals surface area contributed by atoms with E-state index in [0.717, 1.165) is 12.2 Å². The monoisotopic (exact) mass is 214 g/mol. The molecular formula is C7H14N6S. The van der Waals surface area contributed by atoms with E-state index >= 15 is 0 Å². The number of nitriles is 1. The lowest BCUT2D eigenvalue weighted by molar-refractivity contribution is 0.828. The van der Waals surface area contributed by atoms with Crippen molar-refractivity contribution in [2.75, 3.05) is 19.3 Å². The smallest absolute Gasteiger partial charge is 0.204 e. The van der Waals surface area contributed by atoms with Crippen LogP contribution in [0.15, 0.2) is 4.99 Å². The van der Waals surface area contributed by atoms with E-state index in [0.29, 0.717) is 12.5 Å². The van der Waals surface area contributed by atoms with E-state index in [1.165, 1.54) is 11.8 Å². The first-order valence-corrected chi connectivity index (χ1v) is 5.02. The first kappa shape index (κ1) is 12.6. The number of nitrogens with one attached hydrogen (secondary N) is 3. The fourth-order valence-electron chi connectivity index (χ4n) is 0.693. The van der Waals surface area contributed by atoms with E-state index < -0.39 is 0 Å². The fraction of sp³-hybridized carbons (Fsp3) is 0.571. The molecule has 0 aromatic heterocycles. The van der Waals surface area contributed by atoms with Gasteiger partial charge in [-0.25, -0.2) is 0 Å². The Morgan fingerprint density at radius 2 is 2.43 bits per heavy atom. The summed E-state index contributed by atoms with van der Waals surface area (Å²) in [6, 6.07) is 0. The Hall–Kier alpha value is -1.42. The third kappa shape index (κ3) is 7.24. The van der Waals surface area contributed by atoms with E-state index in [9.17, 15) is 0 Å². The molecule has 0 spiro atoms. The zero-order chi connectivity index (χ0) is 10.8. The van der Waals surface area contributed by atoms with Crippen LogP contribution in [-0.2, 0) is 0 Å². The maximum absolute atomic E-state index is 8.31. The molecule has 0 bridgehead atoms. The zero-order valence-corrected chi connectivity index (χ0v) is 8.82. The Balaban J connectivity index is 3.44. The highest BCUT2D eigenvalue weighted by Gasteiger charge is 1.95. The van der Waals surface area contributed by atoms with Gasteiger partial charge in [-0.05, 0) is 6.42 Å². The van der Waals surface area contributed by atoms with E-state index in [2.05, 4.69) is 15.6 Å². The highest BCUT2D eigenvalue weighted by molar-refractivity contribution is 8.13. The third-order valence-electron chi connectivity index (χ3n) is 1.27. The van der Waals surface area contributed by atoms with Crippen LogP contribution in [0.25, 0.3) is 0 Å². The summed E-state index contributed by atoms with van der Waals surface area (Å²) in [5.41, 5.74) is 5.16. The van der Waals surface area contributed by atoms with E-state index in [-0.39, 0.29) is 5.17 Å². The highest BCUT2D eigenvalue weighted by Crippen LogP contribution is 1.98. The molecule has 78 valence electrons. The summed E-state index contributed by atoms with van der Waals surface area (Å²) in [5, 5.41) is 20.7. The molecule has 0 aliphatic carbocycles. The molecule has 7 heteroatoms. The van der Waals surface area contributed by atoms with Gasteiger partial charge in [0.05, 0.1) is 0 Å². The van der Waals surface area contributed by atoms with Crippen molar-refractivity contribution in [1.29, 1.82) is 10.7 Å². The van der Waals surface area contributed by atoms with Crippen LogP contribution in [0, 0.1) is 16.9 Å². The zero-order valence-electron chi connectivity index (χ0n) is 8.00. The molecule has 5 N–H and O–H groups in total. The summed E-state index contributed by atoms with van der Waals surface area (Å²) >= 11 is 1.30. The second kappa shape index (κ2) is 8.19. The average Bonchev–Trinajstić information content (AvgIpc) is 2.15. The summed E-state index contributed by atoms with van der Waals surface area (Å²) in [6.45, 7) is 0.696. The number of aliphatic imine (C=N–C) groups is 1. The molecule has 0 aliphatic heterocycles.